The van der Waals surface area contributed by atoms with Gasteiger partial charge in [-0.25, -0.2) is 4.39 Å². The van der Waals surface area contributed by atoms with Crippen molar-refractivity contribution in [3.8, 4) is 0 Å². The molecule has 0 heterocycles. The number of esters is 1. The van der Waals surface area contributed by atoms with Gasteiger partial charge in [-0.05, 0) is 31.5 Å². The molecule has 0 fully saturated rings. The zero-order valence-electron chi connectivity index (χ0n) is 9.55. The first-order valence-corrected chi connectivity index (χ1v) is 5.29. The Bertz CT molecular complexity index is 366. The van der Waals surface area contributed by atoms with Crippen LogP contribution in [-0.2, 0) is 9.53 Å². The van der Waals surface area contributed by atoms with E-state index in [1.165, 1.54) is 6.07 Å². The van der Waals surface area contributed by atoms with Gasteiger partial charge in [0.2, 0.25) is 0 Å². The number of rotatable bonds is 5. The fraction of sp³-hybridized carbons (Fsp3) is 0.417. The molecule has 0 aliphatic carbocycles. The Hall–Kier alpha value is -1.58. The molecule has 0 aliphatic heterocycles. The summed E-state index contributed by atoms with van der Waals surface area (Å²) < 4.78 is 18.1. The Morgan fingerprint density at radius 3 is 2.88 bits per heavy atom. The van der Waals surface area contributed by atoms with Gasteiger partial charge in [-0.2, -0.15) is 0 Å². The van der Waals surface area contributed by atoms with Gasteiger partial charge in [-0.1, -0.05) is 6.07 Å². The highest BCUT2D eigenvalue weighted by atomic mass is 19.1. The van der Waals surface area contributed by atoms with E-state index >= 15 is 0 Å². The summed E-state index contributed by atoms with van der Waals surface area (Å²) in [6, 6.07) is 4.93. The van der Waals surface area contributed by atoms with E-state index < -0.39 is 0 Å². The van der Waals surface area contributed by atoms with Crippen molar-refractivity contribution in [1.82, 2.24) is 0 Å². The molecule has 0 atom stereocenters. The van der Waals surface area contributed by atoms with Gasteiger partial charge < -0.3 is 10.1 Å². The van der Waals surface area contributed by atoms with Gasteiger partial charge in [-0.3, -0.25) is 4.79 Å². The molecular formula is C12H16FNO2. The van der Waals surface area contributed by atoms with Gasteiger partial charge in [-0.15, -0.1) is 0 Å². The normalized spacial score (nSPS) is 9.94. The Morgan fingerprint density at radius 2 is 2.25 bits per heavy atom. The predicted octanol–water partition coefficient (Wildman–Crippen LogP) is 2.50. The standard InChI is InChI=1S/C12H16FNO2/c1-3-16-12(15)6-7-14-11-5-4-9(2)8-10(11)13/h4-5,8,14H,3,6-7H2,1-2H3. The van der Waals surface area contributed by atoms with Crippen molar-refractivity contribution in [2.75, 3.05) is 18.5 Å². The first kappa shape index (κ1) is 12.5. The number of anilines is 1. The van der Waals surface area contributed by atoms with Crippen LogP contribution in [0.5, 0.6) is 0 Å². The highest BCUT2D eigenvalue weighted by Crippen LogP contribution is 2.14. The second-order valence-corrected chi connectivity index (χ2v) is 3.47. The van der Waals surface area contributed by atoms with Crippen molar-refractivity contribution in [1.29, 1.82) is 0 Å². The summed E-state index contributed by atoms with van der Waals surface area (Å²) in [6.07, 6.45) is 0.237. The molecule has 1 rings (SSSR count). The molecule has 0 aromatic heterocycles. The van der Waals surface area contributed by atoms with Crippen molar-refractivity contribution in [3.63, 3.8) is 0 Å². The number of carbonyl (C=O) groups is 1. The number of ether oxygens (including phenoxy) is 1. The molecule has 0 radical (unpaired) electrons. The fourth-order valence-corrected chi connectivity index (χ4v) is 1.30. The average molecular weight is 225 g/mol. The summed E-state index contributed by atoms with van der Waals surface area (Å²) in [7, 11) is 0. The molecule has 0 bridgehead atoms. The maximum Gasteiger partial charge on any atom is 0.307 e. The number of nitrogens with one attached hydrogen (secondary N) is 1. The second-order valence-electron chi connectivity index (χ2n) is 3.47. The Labute approximate surface area is 94.6 Å². The summed E-state index contributed by atoms with van der Waals surface area (Å²) in [5.41, 5.74) is 1.28. The summed E-state index contributed by atoms with van der Waals surface area (Å²) in [5, 5.41) is 2.85. The molecule has 0 saturated heterocycles. The quantitative estimate of drug-likeness (QED) is 0.782. The van der Waals surface area contributed by atoms with Crippen molar-refractivity contribution in [2.24, 2.45) is 0 Å². The molecule has 1 aromatic carbocycles. The lowest BCUT2D eigenvalue weighted by Crippen LogP contribution is -2.11. The molecule has 0 spiro atoms. The molecule has 0 aliphatic rings. The summed E-state index contributed by atoms with van der Waals surface area (Å²) in [5.74, 6) is -0.577. The van der Waals surface area contributed by atoms with E-state index in [0.29, 0.717) is 18.8 Å². The summed E-state index contributed by atoms with van der Waals surface area (Å²) >= 11 is 0. The summed E-state index contributed by atoms with van der Waals surface area (Å²) in [6.45, 7) is 4.33. The number of halogens is 1. The zero-order chi connectivity index (χ0) is 12.0. The van der Waals surface area contributed by atoms with Crippen LogP contribution in [0.2, 0.25) is 0 Å². The number of hydrogen-bond donors (Lipinski definition) is 1. The summed E-state index contributed by atoms with van der Waals surface area (Å²) in [4.78, 5) is 11.0. The Morgan fingerprint density at radius 1 is 1.50 bits per heavy atom. The van der Waals surface area contributed by atoms with E-state index in [0.717, 1.165) is 5.56 Å². The van der Waals surface area contributed by atoms with Crippen molar-refractivity contribution >= 4 is 11.7 Å². The van der Waals surface area contributed by atoms with Gasteiger partial charge in [0.25, 0.3) is 0 Å². The maximum absolute atomic E-state index is 13.3. The molecule has 3 nitrogen and oxygen atoms in total. The van der Waals surface area contributed by atoms with E-state index in [2.05, 4.69) is 5.32 Å². The van der Waals surface area contributed by atoms with Crippen LogP contribution in [0, 0.1) is 12.7 Å². The third-order valence-electron chi connectivity index (χ3n) is 2.07. The SMILES string of the molecule is CCOC(=O)CCNc1ccc(C)cc1F. The predicted molar refractivity (Wildman–Crippen MR) is 60.9 cm³/mol. The molecule has 1 N–H and O–H groups in total. The lowest BCUT2D eigenvalue weighted by Gasteiger charge is -2.07. The van der Waals surface area contributed by atoms with Gasteiger partial charge in [0.05, 0.1) is 18.7 Å². The van der Waals surface area contributed by atoms with Crippen LogP contribution >= 0.6 is 0 Å². The smallest absolute Gasteiger partial charge is 0.307 e. The molecule has 88 valence electrons. The van der Waals surface area contributed by atoms with Crippen molar-refractivity contribution in [2.45, 2.75) is 20.3 Å². The highest BCUT2D eigenvalue weighted by Gasteiger charge is 2.04. The van der Waals surface area contributed by atoms with Crippen LogP contribution < -0.4 is 5.32 Å². The van der Waals surface area contributed by atoms with Crippen molar-refractivity contribution in [3.05, 3.63) is 29.6 Å². The third kappa shape index (κ3) is 3.88. The number of aryl methyl sites for hydroxylation is 1. The number of benzene rings is 1. The van der Waals surface area contributed by atoms with Gasteiger partial charge in [0.15, 0.2) is 0 Å². The van der Waals surface area contributed by atoms with Crippen LogP contribution in [-0.4, -0.2) is 19.1 Å². The lowest BCUT2D eigenvalue weighted by atomic mass is 10.2. The molecule has 0 saturated carbocycles. The Balaban J connectivity index is 2.40. The molecule has 0 amide bonds. The van der Waals surface area contributed by atoms with E-state index in [1.807, 2.05) is 13.0 Å². The van der Waals surface area contributed by atoms with Crippen LogP contribution in [0.15, 0.2) is 18.2 Å². The van der Waals surface area contributed by atoms with E-state index in [-0.39, 0.29) is 18.2 Å². The first-order valence-electron chi connectivity index (χ1n) is 5.29. The largest absolute Gasteiger partial charge is 0.466 e. The second kappa shape index (κ2) is 6.10. The number of carbonyl (C=O) groups excluding carboxylic acids is 1. The third-order valence-corrected chi connectivity index (χ3v) is 2.07. The fourth-order valence-electron chi connectivity index (χ4n) is 1.30. The lowest BCUT2D eigenvalue weighted by molar-refractivity contribution is -0.142. The Kier molecular flexibility index (Phi) is 4.76. The minimum atomic E-state index is -0.302. The molecule has 0 unspecified atom stereocenters. The minimum Gasteiger partial charge on any atom is -0.466 e. The van der Waals surface area contributed by atoms with Crippen molar-refractivity contribution < 1.29 is 13.9 Å². The number of hydrogen-bond acceptors (Lipinski definition) is 3. The highest BCUT2D eigenvalue weighted by molar-refractivity contribution is 5.70. The first-order chi connectivity index (χ1) is 7.63. The van der Waals surface area contributed by atoms with Gasteiger partial charge in [0.1, 0.15) is 5.82 Å². The van der Waals surface area contributed by atoms with Crippen LogP contribution in [0.3, 0.4) is 0 Å². The monoisotopic (exact) mass is 225 g/mol. The van der Waals surface area contributed by atoms with Crippen LogP contribution in [0.25, 0.3) is 0 Å². The minimum absolute atomic E-state index is 0.237. The molecule has 4 heteroatoms. The van der Waals surface area contributed by atoms with Gasteiger partial charge >= 0.3 is 5.97 Å². The van der Waals surface area contributed by atoms with E-state index in [1.54, 1.807) is 13.0 Å². The molecule has 16 heavy (non-hydrogen) atoms. The topological polar surface area (TPSA) is 38.3 Å². The van der Waals surface area contributed by atoms with E-state index in [9.17, 15) is 9.18 Å². The van der Waals surface area contributed by atoms with Crippen LogP contribution in [0.1, 0.15) is 18.9 Å². The molecule has 1 aromatic rings. The average Bonchev–Trinajstić information content (AvgIpc) is 2.22. The molecular weight excluding hydrogens is 209 g/mol. The van der Waals surface area contributed by atoms with E-state index in [4.69, 9.17) is 4.74 Å². The van der Waals surface area contributed by atoms with Gasteiger partial charge in [0, 0.05) is 6.54 Å². The zero-order valence-corrected chi connectivity index (χ0v) is 9.55. The van der Waals surface area contributed by atoms with Crippen LogP contribution in [0.4, 0.5) is 10.1 Å². The maximum atomic E-state index is 13.3.